The summed E-state index contributed by atoms with van der Waals surface area (Å²) in [6.45, 7) is -0.307. The molecule has 0 bridgehead atoms. The Balaban J connectivity index is 1.52. The summed E-state index contributed by atoms with van der Waals surface area (Å²) >= 11 is 0. The van der Waals surface area contributed by atoms with Crippen LogP contribution in [-0.2, 0) is 4.79 Å². The van der Waals surface area contributed by atoms with Crippen molar-refractivity contribution in [3.8, 4) is 17.4 Å². The number of hydrogen-bond donors (Lipinski definition) is 1. The number of benzene rings is 2. The highest BCUT2D eigenvalue weighted by Crippen LogP contribution is 2.22. The van der Waals surface area contributed by atoms with Gasteiger partial charge in [-0.3, -0.25) is 4.79 Å². The third kappa shape index (κ3) is 5.01. The largest absolute Gasteiger partial charge is 0.484 e. The predicted molar refractivity (Wildman–Crippen MR) is 91.2 cm³/mol. The number of anilines is 1. The van der Waals surface area contributed by atoms with Gasteiger partial charge >= 0.3 is 0 Å². The molecule has 0 fully saturated rings. The maximum Gasteiger partial charge on any atom is 0.262 e. The molecule has 3 rings (SSSR count). The summed E-state index contributed by atoms with van der Waals surface area (Å²) in [5.74, 6) is -0.615. The zero-order chi connectivity index (χ0) is 18.4. The third-order valence-corrected chi connectivity index (χ3v) is 3.20. The first-order valence-corrected chi connectivity index (χ1v) is 7.66. The number of nitrogens with zero attached hydrogens (tertiary/aromatic N) is 1. The molecule has 7 heteroatoms. The van der Waals surface area contributed by atoms with E-state index >= 15 is 0 Å². The number of nitrogens with one attached hydrogen (secondary N) is 1. The standard InChI is InChI=1S/C19H14F2N2O3/c20-13-9-14(21)11-15(10-13)23-18(24)12-25-16-4-6-17(7-5-16)26-19-3-1-2-8-22-19/h1-11H,12H2,(H,23,24). The normalized spacial score (nSPS) is 10.2. The Morgan fingerprint density at radius 1 is 0.962 bits per heavy atom. The van der Waals surface area contributed by atoms with Crippen molar-refractivity contribution in [3.05, 3.63) is 78.5 Å². The van der Waals surface area contributed by atoms with Crippen molar-refractivity contribution in [1.82, 2.24) is 4.98 Å². The number of rotatable bonds is 6. The number of halogens is 2. The first-order chi connectivity index (χ1) is 12.6. The van der Waals surface area contributed by atoms with Crippen molar-refractivity contribution in [2.75, 3.05) is 11.9 Å². The maximum atomic E-state index is 13.1. The van der Waals surface area contributed by atoms with Crippen molar-refractivity contribution < 1.29 is 23.0 Å². The van der Waals surface area contributed by atoms with E-state index in [1.54, 1.807) is 42.6 Å². The van der Waals surface area contributed by atoms with E-state index in [-0.39, 0.29) is 12.3 Å². The molecule has 132 valence electrons. The minimum absolute atomic E-state index is 0.0233. The van der Waals surface area contributed by atoms with E-state index in [0.717, 1.165) is 18.2 Å². The zero-order valence-corrected chi connectivity index (χ0v) is 13.5. The smallest absolute Gasteiger partial charge is 0.262 e. The summed E-state index contributed by atoms with van der Waals surface area (Å²) in [5.41, 5.74) is 0.0233. The lowest BCUT2D eigenvalue weighted by molar-refractivity contribution is -0.118. The summed E-state index contributed by atoms with van der Waals surface area (Å²) in [7, 11) is 0. The van der Waals surface area contributed by atoms with Crippen LogP contribution in [0.1, 0.15) is 0 Å². The molecule has 0 atom stereocenters. The highest BCUT2D eigenvalue weighted by Gasteiger charge is 2.07. The Morgan fingerprint density at radius 2 is 1.65 bits per heavy atom. The number of hydrogen-bond acceptors (Lipinski definition) is 4. The van der Waals surface area contributed by atoms with Crippen LogP contribution in [0.2, 0.25) is 0 Å². The van der Waals surface area contributed by atoms with Crippen LogP contribution < -0.4 is 14.8 Å². The first-order valence-electron chi connectivity index (χ1n) is 7.66. The molecular formula is C19H14F2N2O3. The molecule has 0 aliphatic heterocycles. The van der Waals surface area contributed by atoms with Gasteiger partial charge in [0.05, 0.1) is 0 Å². The van der Waals surface area contributed by atoms with Crippen molar-refractivity contribution in [1.29, 1.82) is 0 Å². The van der Waals surface area contributed by atoms with Crippen LogP contribution >= 0.6 is 0 Å². The van der Waals surface area contributed by atoms with Crippen LogP contribution in [0.15, 0.2) is 66.9 Å². The van der Waals surface area contributed by atoms with E-state index in [9.17, 15) is 13.6 Å². The molecule has 0 saturated heterocycles. The van der Waals surface area contributed by atoms with Crippen LogP contribution in [0.4, 0.5) is 14.5 Å². The number of aromatic nitrogens is 1. The Kier molecular flexibility index (Phi) is 5.38. The minimum Gasteiger partial charge on any atom is -0.484 e. The molecule has 0 radical (unpaired) electrons. The van der Waals surface area contributed by atoms with E-state index in [1.165, 1.54) is 0 Å². The highest BCUT2D eigenvalue weighted by atomic mass is 19.1. The first kappa shape index (κ1) is 17.3. The van der Waals surface area contributed by atoms with E-state index in [4.69, 9.17) is 9.47 Å². The fourth-order valence-corrected chi connectivity index (χ4v) is 2.10. The molecule has 26 heavy (non-hydrogen) atoms. The average molecular weight is 356 g/mol. The zero-order valence-electron chi connectivity index (χ0n) is 13.5. The SMILES string of the molecule is O=C(COc1ccc(Oc2ccccn2)cc1)Nc1cc(F)cc(F)c1. The lowest BCUT2D eigenvalue weighted by atomic mass is 10.3. The molecule has 2 aromatic carbocycles. The molecular weight excluding hydrogens is 342 g/mol. The number of ether oxygens (including phenoxy) is 2. The number of pyridine rings is 1. The lowest BCUT2D eigenvalue weighted by Crippen LogP contribution is -2.20. The molecule has 0 aliphatic rings. The average Bonchev–Trinajstić information content (AvgIpc) is 2.61. The van der Waals surface area contributed by atoms with Gasteiger partial charge in [-0.2, -0.15) is 0 Å². The van der Waals surface area contributed by atoms with Gasteiger partial charge in [-0.1, -0.05) is 6.07 Å². The summed E-state index contributed by atoms with van der Waals surface area (Å²) < 4.78 is 37.0. The fourth-order valence-electron chi connectivity index (χ4n) is 2.10. The third-order valence-electron chi connectivity index (χ3n) is 3.20. The van der Waals surface area contributed by atoms with E-state index in [1.807, 2.05) is 6.07 Å². The van der Waals surface area contributed by atoms with Gasteiger partial charge in [-0.15, -0.1) is 0 Å². The van der Waals surface area contributed by atoms with Crippen LogP contribution in [0.25, 0.3) is 0 Å². The quantitative estimate of drug-likeness (QED) is 0.720. The van der Waals surface area contributed by atoms with Gasteiger partial charge in [-0.05, 0) is 42.5 Å². The number of carbonyl (C=O) groups excluding carboxylic acids is 1. The van der Waals surface area contributed by atoms with Crippen LogP contribution in [0.3, 0.4) is 0 Å². The molecule has 1 heterocycles. The summed E-state index contributed by atoms with van der Waals surface area (Å²) in [4.78, 5) is 15.9. The van der Waals surface area contributed by atoms with Gasteiger partial charge in [0.15, 0.2) is 6.61 Å². The van der Waals surface area contributed by atoms with Gasteiger partial charge in [-0.25, -0.2) is 13.8 Å². The molecule has 0 unspecified atom stereocenters. The second kappa shape index (κ2) is 8.06. The summed E-state index contributed by atoms with van der Waals surface area (Å²) in [6.07, 6.45) is 1.62. The minimum atomic E-state index is -0.773. The van der Waals surface area contributed by atoms with Crippen molar-refractivity contribution in [2.45, 2.75) is 0 Å². The van der Waals surface area contributed by atoms with Gasteiger partial charge in [0.2, 0.25) is 5.88 Å². The van der Waals surface area contributed by atoms with E-state index in [2.05, 4.69) is 10.3 Å². The molecule has 1 N–H and O–H groups in total. The summed E-state index contributed by atoms with van der Waals surface area (Å²) in [6, 6.07) is 14.7. The molecule has 5 nitrogen and oxygen atoms in total. The maximum absolute atomic E-state index is 13.1. The topological polar surface area (TPSA) is 60.5 Å². The van der Waals surface area contributed by atoms with Crippen molar-refractivity contribution in [3.63, 3.8) is 0 Å². The highest BCUT2D eigenvalue weighted by molar-refractivity contribution is 5.91. The molecule has 0 spiro atoms. The Morgan fingerprint density at radius 3 is 2.31 bits per heavy atom. The number of amides is 1. The Labute approximate surface area is 148 Å². The molecule has 1 aromatic heterocycles. The monoisotopic (exact) mass is 356 g/mol. The van der Waals surface area contributed by atoms with Gasteiger partial charge in [0.25, 0.3) is 5.91 Å². The Bertz CT molecular complexity index is 867. The molecule has 1 amide bonds. The number of carbonyl (C=O) groups is 1. The second-order valence-electron chi connectivity index (χ2n) is 5.24. The fraction of sp³-hybridized carbons (Fsp3) is 0.0526. The van der Waals surface area contributed by atoms with Gasteiger partial charge < -0.3 is 14.8 Å². The van der Waals surface area contributed by atoms with Crippen LogP contribution in [-0.4, -0.2) is 17.5 Å². The Hall–Kier alpha value is -3.48. The second-order valence-corrected chi connectivity index (χ2v) is 5.24. The summed E-state index contributed by atoms with van der Waals surface area (Å²) in [5, 5.41) is 2.36. The molecule has 0 saturated carbocycles. The predicted octanol–water partition coefficient (Wildman–Crippen LogP) is 4.17. The van der Waals surface area contributed by atoms with E-state index in [0.29, 0.717) is 17.4 Å². The van der Waals surface area contributed by atoms with Gasteiger partial charge in [0, 0.05) is 24.0 Å². The molecule has 3 aromatic rings. The van der Waals surface area contributed by atoms with Crippen LogP contribution in [0.5, 0.6) is 17.4 Å². The van der Waals surface area contributed by atoms with Crippen molar-refractivity contribution >= 4 is 11.6 Å². The van der Waals surface area contributed by atoms with Crippen molar-refractivity contribution in [2.24, 2.45) is 0 Å². The van der Waals surface area contributed by atoms with Gasteiger partial charge in [0.1, 0.15) is 23.1 Å². The lowest BCUT2D eigenvalue weighted by Gasteiger charge is -2.09. The van der Waals surface area contributed by atoms with Crippen LogP contribution in [0, 0.1) is 11.6 Å². The van der Waals surface area contributed by atoms with E-state index < -0.39 is 17.5 Å². The molecule has 0 aliphatic carbocycles.